The van der Waals surface area contributed by atoms with Crippen LogP contribution in [0.4, 0.5) is 23.1 Å². The molecule has 2 N–H and O–H groups in total. The predicted octanol–water partition coefficient (Wildman–Crippen LogP) is 4.30. The van der Waals surface area contributed by atoms with E-state index in [9.17, 15) is 0 Å². The van der Waals surface area contributed by atoms with E-state index in [2.05, 4.69) is 47.8 Å². The van der Waals surface area contributed by atoms with Crippen LogP contribution >= 0.6 is 15.9 Å². The summed E-state index contributed by atoms with van der Waals surface area (Å²) in [5.74, 6) is 0.859. The highest BCUT2D eigenvalue weighted by Crippen LogP contribution is 2.26. The molecule has 0 bridgehead atoms. The Morgan fingerprint density at radius 3 is 2.71 bits per heavy atom. The molecule has 0 fully saturated rings. The number of nitrogens with one attached hydrogen (secondary N) is 2. The lowest BCUT2D eigenvalue weighted by Crippen LogP contribution is -2.03. The lowest BCUT2D eigenvalue weighted by atomic mass is 10.2. The molecule has 0 aliphatic carbocycles. The van der Waals surface area contributed by atoms with Crippen molar-refractivity contribution in [3.05, 3.63) is 64.3 Å². The molecule has 0 unspecified atom stereocenters. The number of hydrogen-bond donors (Lipinski definition) is 2. The highest BCUT2D eigenvalue weighted by molar-refractivity contribution is 9.10. The Balaban J connectivity index is 1.83. The van der Waals surface area contributed by atoms with Gasteiger partial charge in [0.25, 0.3) is 0 Å². The first-order valence-electron chi connectivity index (χ1n) is 7.15. The van der Waals surface area contributed by atoms with E-state index >= 15 is 0 Å². The van der Waals surface area contributed by atoms with Gasteiger partial charge in [0.15, 0.2) is 5.82 Å². The van der Waals surface area contributed by atoms with Crippen LogP contribution in [0.1, 0.15) is 11.1 Å². The number of aromatic nitrogens is 3. The maximum atomic E-state index is 9.13. The summed E-state index contributed by atoms with van der Waals surface area (Å²) in [6.45, 7) is 2.02. The van der Waals surface area contributed by atoms with Crippen molar-refractivity contribution in [1.29, 1.82) is 5.26 Å². The molecule has 0 spiro atoms. The number of aryl methyl sites for hydroxylation is 1. The van der Waals surface area contributed by atoms with E-state index < -0.39 is 0 Å². The van der Waals surface area contributed by atoms with Gasteiger partial charge in [-0.3, -0.25) is 0 Å². The van der Waals surface area contributed by atoms with E-state index in [4.69, 9.17) is 5.26 Å². The Bertz CT molecular complexity index is 919. The summed E-state index contributed by atoms with van der Waals surface area (Å²) >= 11 is 3.52. The number of anilines is 4. The van der Waals surface area contributed by atoms with Crippen LogP contribution in [0, 0.1) is 18.3 Å². The molecule has 2 aromatic carbocycles. The summed E-state index contributed by atoms with van der Waals surface area (Å²) < 4.78 is 0.936. The zero-order valence-corrected chi connectivity index (χ0v) is 14.4. The Hall–Kier alpha value is -2.98. The molecule has 6 nitrogen and oxygen atoms in total. The summed E-state index contributed by atoms with van der Waals surface area (Å²) in [5.41, 5.74) is 3.18. The van der Waals surface area contributed by atoms with Crippen LogP contribution < -0.4 is 10.6 Å². The number of benzene rings is 2. The molecule has 1 aromatic heterocycles. The van der Waals surface area contributed by atoms with Crippen molar-refractivity contribution in [3.63, 3.8) is 0 Å². The van der Waals surface area contributed by atoms with Crippen LogP contribution in [-0.4, -0.2) is 15.2 Å². The molecule has 3 aromatic rings. The molecule has 0 saturated heterocycles. The molecular weight excluding hydrogens is 368 g/mol. The van der Waals surface area contributed by atoms with Crippen LogP contribution in [0.2, 0.25) is 0 Å². The third-order valence-electron chi connectivity index (χ3n) is 3.24. The molecule has 0 saturated carbocycles. The van der Waals surface area contributed by atoms with E-state index in [0.717, 1.165) is 15.7 Å². The molecule has 7 heteroatoms. The van der Waals surface area contributed by atoms with E-state index in [-0.39, 0.29) is 0 Å². The fourth-order valence-corrected chi connectivity index (χ4v) is 2.68. The lowest BCUT2D eigenvalue weighted by molar-refractivity contribution is 0.982. The number of halogens is 1. The van der Waals surface area contributed by atoms with Crippen LogP contribution in [0.25, 0.3) is 0 Å². The molecule has 1 heterocycles. The fraction of sp³-hybridized carbons (Fsp3) is 0.0588. The average molecular weight is 381 g/mol. The highest BCUT2D eigenvalue weighted by atomic mass is 79.9. The van der Waals surface area contributed by atoms with Gasteiger partial charge in [-0.15, -0.1) is 5.10 Å². The number of nitrogens with zero attached hydrogens (tertiary/aromatic N) is 4. The summed E-state index contributed by atoms with van der Waals surface area (Å²) in [6.07, 6.45) is 1.54. The Morgan fingerprint density at radius 1 is 1.08 bits per heavy atom. The molecule has 0 radical (unpaired) electrons. The first-order valence-corrected chi connectivity index (χ1v) is 7.94. The maximum absolute atomic E-state index is 9.13. The van der Waals surface area contributed by atoms with Crippen LogP contribution in [-0.2, 0) is 0 Å². The van der Waals surface area contributed by atoms with Gasteiger partial charge in [0.2, 0.25) is 5.95 Å². The second kappa shape index (κ2) is 7.06. The third-order valence-corrected chi connectivity index (χ3v) is 3.90. The minimum absolute atomic E-state index is 0.311. The number of rotatable bonds is 4. The average Bonchev–Trinajstić information content (AvgIpc) is 2.58. The second-order valence-corrected chi connectivity index (χ2v) is 5.91. The van der Waals surface area contributed by atoms with Crippen molar-refractivity contribution in [1.82, 2.24) is 15.2 Å². The zero-order chi connectivity index (χ0) is 16.9. The highest BCUT2D eigenvalue weighted by Gasteiger charge is 2.06. The number of nitriles is 1. The van der Waals surface area contributed by atoms with E-state index in [0.29, 0.717) is 23.0 Å². The van der Waals surface area contributed by atoms with Crippen molar-refractivity contribution >= 4 is 39.1 Å². The lowest BCUT2D eigenvalue weighted by Gasteiger charge is -2.10. The van der Waals surface area contributed by atoms with Gasteiger partial charge in [-0.25, -0.2) is 0 Å². The summed E-state index contributed by atoms with van der Waals surface area (Å²) in [6, 6.07) is 15.2. The number of hydrogen-bond acceptors (Lipinski definition) is 6. The number of para-hydroxylation sites is 1. The summed E-state index contributed by atoms with van der Waals surface area (Å²) in [4.78, 5) is 4.38. The molecule has 3 rings (SSSR count). The molecule has 0 atom stereocenters. The van der Waals surface area contributed by atoms with Crippen LogP contribution in [0.15, 0.2) is 53.1 Å². The first-order chi connectivity index (χ1) is 11.7. The van der Waals surface area contributed by atoms with Gasteiger partial charge < -0.3 is 10.6 Å². The monoisotopic (exact) mass is 380 g/mol. The zero-order valence-electron chi connectivity index (χ0n) is 12.8. The fourth-order valence-electron chi connectivity index (χ4n) is 2.09. The second-order valence-electron chi connectivity index (χ2n) is 5.06. The van der Waals surface area contributed by atoms with Gasteiger partial charge in [-0.05, 0) is 52.7 Å². The maximum Gasteiger partial charge on any atom is 0.249 e. The quantitative estimate of drug-likeness (QED) is 0.701. The smallest absolute Gasteiger partial charge is 0.249 e. The summed E-state index contributed by atoms with van der Waals surface area (Å²) in [7, 11) is 0. The molecule has 118 valence electrons. The Morgan fingerprint density at radius 2 is 1.92 bits per heavy atom. The van der Waals surface area contributed by atoms with Crippen molar-refractivity contribution in [3.8, 4) is 6.07 Å². The van der Waals surface area contributed by atoms with Crippen LogP contribution in [0.5, 0.6) is 0 Å². The summed E-state index contributed by atoms with van der Waals surface area (Å²) in [5, 5.41) is 23.2. The van der Waals surface area contributed by atoms with Crippen molar-refractivity contribution in [2.75, 3.05) is 10.6 Å². The Kier molecular flexibility index (Phi) is 4.68. The van der Waals surface area contributed by atoms with Crippen LogP contribution in [0.3, 0.4) is 0 Å². The molecule has 0 amide bonds. The van der Waals surface area contributed by atoms with Crippen molar-refractivity contribution in [2.24, 2.45) is 0 Å². The van der Waals surface area contributed by atoms with Crippen molar-refractivity contribution in [2.45, 2.75) is 6.92 Å². The van der Waals surface area contributed by atoms with E-state index in [1.54, 1.807) is 18.2 Å². The first kappa shape index (κ1) is 15.9. The van der Waals surface area contributed by atoms with E-state index in [1.165, 1.54) is 6.20 Å². The largest absolute Gasteiger partial charge is 0.338 e. The Labute approximate surface area is 147 Å². The predicted molar refractivity (Wildman–Crippen MR) is 96.4 cm³/mol. The van der Waals surface area contributed by atoms with Gasteiger partial charge in [-0.1, -0.05) is 18.2 Å². The SMILES string of the molecule is Cc1ccc(Nc2cnnc(Nc3ccccc3C#N)n2)c(Br)c1. The molecule has 0 aliphatic heterocycles. The van der Waals surface area contributed by atoms with Gasteiger partial charge in [-0.2, -0.15) is 15.3 Å². The molecule has 24 heavy (non-hydrogen) atoms. The standard InChI is InChI=1S/C17H13BrN6/c1-11-6-7-15(13(18)8-11)21-16-10-20-24-17(23-16)22-14-5-3-2-4-12(14)9-19/h2-8,10H,1H3,(H2,21,22,23,24). The van der Waals surface area contributed by atoms with Gasteiger partial charge in [0.1, 0.15) is 6.07 Å². The third kappa shape index (κ3) is 3.67. The minimum atomic E-state index is 0.311. The van der Waals surface area contributed by atoms with Gasteiger partial charge >= 0.3 is 0 Å². The van der Waals surface area contributed by atoms with Gasteiger partial charge in [0.05, 0.1) is 23.1 Å². The van der Waals surface area contributed by atoms with E-state index in [1.807, 2.05) is 31.2 Å². The normalized spacial score (nSPS) is 10.0. The topological polar surface area (TPSA) is 86.5 Å². The van der Waals surface area contributed by atoms with Crippen molar-refractivity contribution < 1.29 is 0 Å². The molecular formula is C17H13BrN6. The van der Waals surface area contributed by atoms with Gasteiger partial charge in [0, 0.05) is 4.47 Å². The molecule has 0 aliphatic rings. The minimum Gasteiger partial charge on any atom is -0.338 e.